The Balaban J connectivity index is 0. The number of aromatic carboxylic acids is 2. The van der Waals surface area contributed by atoms with Crippen molar-refractivity contribution in [1.82, 2.24) is 0 Å². The zero-order chi connectivity index (χ0) is 12.6. The molecular formula is C10H10CaO5S. The first-order chi connectivity index (χ1) is 7.52. The van der Waals surface area contributed by atoms with Crippen molar-refractivity contribution in [1.29, 1.82) is 0 Å². The van der Waals surface area contributed by atoms with Crippen molar-refractivity contribution in [3.8, 4) is 0 Å². The van der Waals surface area contributed by atoms with Gasteiger partial charge in [-0.15, -0.1) is 0 Å². The minimum atomic E-state index is -1.40. The van der Waals surface area contributed by atoms with Crippen molar-refractivity contribution < 1.29 is 24.4 Å². The molecule has 17 heavy (non-hydrogen) atoms. The Hall–Kier alpha value is -0.270. The van der Waals surface area contributed by atoms with Gasteiger partial charge in [-0.2, -0.15) is 0 Å². The van der Waals surface area contributed by atoms with Gasteiger partial charge in [0.1, 0.15) is 0 Å². The van der Waals surface area contributed by atoms with Crippen molar-refractivity contribution >= 4 is 61.7 Å². The second kappa shape index (κ2) is 10.9. The summed E-state index contributed by atoms with van der Waals surface area (Å²) in [7, 11) is 0. The first kappa shape index (κ1) is 19.1. The quantitative estimate of drug-likeness (QED) is 0.578. The van der Waals surface area contributed by atoms with Gasteiger partial charge in [-0.05, 0) is 29.2 Å². The molecule has 0 spiro atoms. The Morgan fingerprint density at radius 1 is 1.24 bits per heavy atom. The van der Waals surface area contributed by atoms with Crippen LogP contribution in [0.15, 0.2) is 24.3 Å². The van der Waals surface area contributed by atoms with Crippen LogP contribution in [0.4, 0.5) is 0 Å². The summed E-state index contributed by atoms with van der Waals surface area (Å²) in [5.74, 6) is -2.02. The molecule has 0 aromatic heterocycles. The normalized spacial score (nSPS) is 8.35. The van der Waals surface area contributed by atoms with E-state index in [2.05, 4.69) is 0 Å². The van der Waals surface area contributed by atoms with Gasteiger partial charge in [0, 0.05) is 5.75 Å². The van der Waals surface area contributed by atoms with Crippen LogP contribution in [-0.2, 0) is 0 Å². The zero-order valence-corrected chi connectivity index (χ0v) is 12.2. The van der Waals surface area contributed by atoms with Crippen LogP contribution in [0.25, 0.3) is 0 Å². The Morgan fingerprint density at radius 3 is 1.82 bits per heavy atom. The van der Waals surface area contributed by atoms with Crippen LogP contribution >= 0.6 is 12.0 Å². The molecule has 1 rings (SSSR count). The molecule has 0 radical (unpaired) electrons. The summed E-state index contributed by atoms with van der Waals surface area (Å²) >= 11 is 0.856. The summed E-state index contributed by atoms with van der Waals surface area (Å²) in [4.78, 5) is 20.5. The summed E-state index contributed by atoms with van der Waals surface area (Å²) in [6, 6.07) is 4.81. The van der Waals surface area contributed by atoms with E-state index in [9.17, 15) is 19.8 Å². The van der Waals surface area contributed by atoms with Crippen LogP contribution in [0.1, 0.15) is 27.6 Å². The molecule has 0 amide bonds. The Kier molecular flexibility index (Phi) is 12.2. The molecule has 0 aliphatic carbocycles. The fourth-order valence-corrected chi connectivity index (χ4v) is 0.773. The van der Waals surface area contributed by atoms with Crippen molar-refractivity contribution in [3.05, 3.63) is 35.4 Å². The molecule has 0 heterocycles. The van der Waals surface area contributed by atoms with Gasteiger partial charge in [-0.1, -0.05) is 25.1 Å². The third-order valence-corrected chi connectivity index (χ3v) is 1.72. The molecule has 88 valence electrons. The van der Waals surface area contributed by atoms with E-state index in [1.165, 1.54) is 18.2 Å². The predicted molar refractivity (Wildman–Crippen MR) is 61.6 cm³/mol. The van der Waals surface area contributed by atoms with E-state index in [0.717, 1.165) is 23.9 Å². The monoisotopic (exact) mass is 282 g/mol. The van der Waals surface area contributed by atoms with E-state index in [1.807, 2.05) is 6.92 Å². The Morgan fingerprint density at radius 2 is 1.59 bits per heavy atom. The smallest absolute Gasteiger partial charge is 0.545 e. The van der Waals surface area contributed by atoms with Gasteiger partial charge in [-0.3, -0.25) is 0 Å². The molecule has 0 atom stereocenters. The number of hydrogen-bond acceptors (Lipinski definition) is 6. The average molecular weight is 282 g/mol. The van der Waals surface area contributed by atoms with Gasteiger partial charge in [0.25, 0.3) is 0 Å². The number of rotatable bonds is 3. The van der Waals surface area contributed by atoms with E-state index in [1.54, 1.807) is 0 Å². The average Bonchev–Trinajstić information content (AvgIpc) is 2.29. The van der Waals surface area contributed by atoms with Crippen molar-refractivity contribution in [2.24, 2.45) is 0 Å². The van der Waals surface area contributed by atoms with Crippen molar-refractivity contribution in [2.45, 2.75) is 6.92 Å². The minimum Gasteiger partial charge on any atom is -0.545 e. The van der Waals surface area contributed by atoms with Gasteiger partial charge in [-0.25, -0.2) is 0 Å². The molecule has 0 bridgehead atoms. The van der Waals surface area contributed by atoms with E-state index < -0.39 is 11.9 Å². The number of benzene rings is 1. The fourth-order valence-electron chi connectivity index (χ4n) is 0.773. The molecule has 0 saturated carbocycles. The maximum atomic E-state index is 10.3. The second-order valence-corrected chi connectivity index (χ2v) is 3.41. The van der Waals surface area contributed by atoms with Crippen LogP contribution in [0, 0.1) is 0 Å². The number of carboxylic acid groups (broad SMARTS) is 2. The number of hydrogen-bond donors (Lipinski definition) is 1. The topological polar surface area (TPSA) is 100 Å². The van der Waals surface area contributed by atoms with Crippen molar-refractivity contribution in [2.75, 3.05) is 5.75 Å². The summed E-state index contributed by atoms with van der Waals surface area (Å²) in [5, 5.41) is 20.5. The Bertz CT molecular complexity index is 338. The van der Waals surface area contributed by atoms with Gasteiger partial charge in [0.15, 0.2) is 0 Å². The molecule has 1 N–H and O–H groups in total. The van der Waals surface area contributed by atoms with Crippen LogP contribution in [0.2, 0.25) is 0 Å². The third-order valence-electron chi connectivity index (χ3n) is 1.46. The van der Waals surface area contributed by atoms with Crippen LogP contribution in [0.5, 0.6) is 0 Å². The van der Waals surface area contributed by atoms with Crippen LogP contribution in [0.3, 0.4) is 0 Å². The molecule has 0 fully saturated rings. The first-order valence-electron chi connectivity index (χ1n) is 4.32. The Labute approximate surface area is 133 Å². The largest absolute Gasteiger partial charge is 2.00 e. The molecule has 1 aromatic rings. The molecular weight excluding hydrogens is 272 g/mol. The maximum absolute atomic E-state index is 10.3. The van der Waals surface area contributed by atoms with Gasteiger partial charge in [0.05, 0.1) is 11.9 Å². The SMILES string of the molecule is CCSO.O=C([O-])c1cccc(C(=O)[O-])c1.[Ca+2]. The maximum Gasteiger partial charge on any atom is 2.00 e. The van der Waals surface area contributed by atoms with Gasteiger partial charge in [0.2, 0.25) is 0 Å². The van der Waals surface area contributed by atoms with Gasteiger partial charge < -0.3 is 24.4 Å². The third kappa shape index (κ3) is 8.45. The standard InChI is InChI=1S/C8H6O4.C2H6OS.Ca/c9-7(10)5-2-1-3-6(4-5)8(11)12;1-2-4-3;/h1-4H,(H,9,10)(H,11,12);3H,2H2,1H3;/q;;+2/p-2. The van der Waals surface area contributed by atoms with Gasteiger partial charge >= 0.3 is 37.7 Å². The summed E-state index contributed by atoms with van der Waals surface area (Å²) in [6.07, 6.45) is 0. The zero-order valence-electron chi connectivity index (χ0n) is 9.21. The second-order valence-electron chi connectivity index (χ2n) is 2.57. The van der Waals surface area contributed by atoms with Crippen LogP contribution < -0.4 is 10.2 Å². The summed E-state index contributed by atoms with van der Waals surface area (Å²) in [6.45, 7) is 1.89. The summed E-state index contributed by atoms with van der Waals surface area (Å²) in [5.41, 5.74) is -0.339. The molecule has 5 nitrogen and oxygen atoms in total. The number of carbonyl (C=O) groups excluding carboxylic acids is 2. The van der Waals surface area contributed by atoms with Crippen molar-refractivity contribution in [3.63, 3.8) is 0 Å². The number of carboxylic acids is 2. The molecule has 0 saturated heterocycles. The predicted octanol–water partition coefficient (Wildman–Crippen LogP) is -0.755. The summed E-state index contributed by atoms with van der Waals surface area (Å²) < 4.78 is 7.79. The van der Waals surface area contributed by atoms with E-state index in [4.69, 9.17) is 4.55 Å². The van der Waals surface area contributed by atoms with E-state index in [-0.39, 0.29) is 48.9 Å². The molecule has 0 unspecified atom stereocenters. The molecule has 1 aromatic carbocycles. The molecule has 0 aliphatic heterocycles. The first-order valence-corrected chi connectivity index (χ1v) is 5.26. The molecule has 0 aliphatic rings. The van der Waals surface area contributed by atoms with Crippen LogP contribution in [-0.4, -0.2) is 60.0 Å². The number of carbonyl (C=O) groups is 2. The fraction of sp³-hybridized carbons (Fsp3) is 0.200. The van der Waals surface area contributed by atoms with E-state index in [0.29, 0.717) is 0 Å². The minimum absolute atomic E-state index is 0. The molecule has 7 heteroatoms. The van der Waals surface area contributed by atoms with E-state index >= 15 is 0 Å².